The first-order chi connectivity index (χ1) is 5.24. The van der Waals surface area contributed by atoms with Gasteiger partial charge in [-0.3, -0.25) is 0 Å². The van der Waals surface area contributed by atoms with Crippen molar-refractivity contribution in [2.45, 2.75) is 26.3 Å². The van der Waals surface area contributed by atoms with Crippen LogP contribution in [0.2, 0.25) is 0 Å². The van der Waals surface area contributed by atoms with Crippen LogP contribution < -0.4 is 5.73 Å². The first-order valence-electron chi connectivity index (χ1n) is 4.03. The summed E-state index contributed by atoms with van der Waals surface area (Å²) in [5.41, 5.74) is 8.11. The Morgan fingerprint density at radius 3 is 2.64 bits per heavy atom. The van der Waals surface area contributed by atoms with E-state index in [9.17, 15) is 0 Å². The van der Waals surface area contributed by atoms with Crippen LogP contribution in [0.4, 0.5) is 0 Å². The van der Waals surface area contributed by atoms with E-state index in [2.05, 4.69) is 38.1 Å². The van der Waals surface area contributed by atoms with Gasteiger partial charge < -0.3 is 5.73 Å². The zero-order valence-corrected chi connectivity index (χ0v) is 7.17. The van der Waals surface area contributed by atoms with Gasteiger partial charge in [-0.2, -0.15) is 0 Å². The quantitative estimate of drug-likeness (QED) is 0.685. The molecular weight excluding hydrogens is 134 g/mol. The van der Waals surface area contributed by atoms with Crippen molar-refractivity contribution in [3.05, 3.63) is 35.4 Å². The summed E-state index contributed by atoms with van der Waals surface area (Å²) in [6, 6.07) is 8.44. The molecule has 11 heavy (non-hydrogen) atoms. The summed E-state index contributed by atoms with van der Waals surface area (Å²) in [4.78, 5) is 0. The molecule has 1 nitrogen and oxygen atoms in total. The Hall–Kier alpha value is -0.820. The molecule has 60 valence electrons. The van der Waals surface area contributed by atoms with E-state index in [1.165, 1.54) is 11.1 Å². The van der Waals surface area contributed by atoms with Crippen LogP contribution in [-0.2, 0) is 6.54 Å². The summed E-state index contributed by atoms with van der Waals surface area (Å²) in [7, 11) is 0. The van der Waals surface area contributed by atoms with Crippen molar-refractivity contribution in [2.75, 3.05) is 0 Å². The average Bonchev–Trinajstić information content (AvgIpc) is 2.05. The van der Waals surface area contributed by atoms with Crippen LogP contribution in [0.25, 0.3) is 0 Å². The number of nitrogens with two attached hydrogens (primary N) is 1. The fourth-order valence-electron chi connectivity index (χ4n) is 1.08. The topological polar surface area (TPSA) is 26.0 Å². The molecular formula is C10H15N. The van der Waals surface area contributed by atoms with Crippen LogP contribution in [-0.4, -0.2) is 0 Å². The van der Waals surface area contributed by atoms with E-state index < -0.39 is 0 Å². The van der Waals surface area contributed by atoms with Gasteiger partial charge in [-0.25, -0.2) is 0 Å². The minimum atomic E-state index is 0.599. The average molecular weight is 149 g/mol. The molecule has 0 spiro atoms. The van der Waals surface area contributed by atoms with Gasteiger partial charge >= 0.3 is 0 Å². The van der Waals surface area contributed by atoms with E-state index in [1.807, 2.05) is 0 Å². The molecule has 1 aromatic carbocycles. The lowest BCUT2D eigenvalue weighted by molar-refractivity contribution is 0.861. The van der Waals surface area contributed by atoms with Gasteiger partial charge in [0.25, 0.3) is 0 Å². The molecule has 0 saturated carbocycles. The van der Waals surface area contributed by atoms with E-state index in [0.29, 0.717) is 12.5 Å². The molecule has 2 N–H and O–H groups in total. The molecule has 0 fully saturated rings. The predicted octanol–water partition coefficient (Wildman–Crippen LogP) is 2.27. The van der Waals surface area contributed by atoms with Gasteiger partial charge in [0.15, 0.2) is 0 Å². The molecule has 1 rings (SSSR count). The molecule has 1 aromatic rings. The minimum Gasteiger partial charge on any atom is -0.326 e. The highest BCUT2D eigenvalue weighted by atomic mass is 14.5. The Kier molecular flexibility index (Phi) is 2.66. The molecule has 0 saturated heterocycles. The van der Waals surface area contributed by atoms with Crippen LogP contribution in [0.1, 0.15) is 30.9 Å². The van der Waals surface area contributed by atoms with Crippen molar-refractivity contribution in [3.8, 4) is 0 Å². The smallest absolute Gasteiger partial charge is 0.0178 e. The maximum atomic E-state index is 5.52. The summed E-state index contributed by atoms with van der Waals surface area (Å²) in [6.45, 7) is 5.02. The number of hydrogen-bond acceptors (Lipinski definition) is 1. The van der Waals surface area contributed by atoms with Gasteiger partial charge in [0.2, 0.25) is 0 Å². The van der Waals surface area contributed by atoms with Crippen LogP contribution >= 0.6 is 0 Å². The van der Waals surface area contributed by atoms with Gasteiger partial charge in [0.05, 0.1) is 0 Å². The lowest BCUT2D eigenvalue weighted by Gasteiger charge is -2.05. The highest BCUT2D eigenvalue weighted by Crippen LogP contribution is 2.14. The van der Waals surface area contributed by atoms with Crippen molar-refractivity contribution in [1.82, 2.24) is 0 Å². The third kappa shape index (κ3) is 2.05. The van der Waals surface area contributed by atoms with Crippen LogP contribution in [0.3, 0.4) is 0 Å². The zero-order chi connectivity index (χ0) is 8.27. The van der Waals surface area contributed by atoms with Crippen molar-refractivity contribution < 1.29 is 0 Å². The molecule has 0 aromatic heterocycles. The highest BCUT2D eigenvalue weighted by Gasteiger charge is 1.97. The van der Waals surface area contributed by atoms with E-state index >= 15 is 0 Å². The first kappa shape index (κ1) is 8.28. The fourth-order valence-corrected chi connectivity index (χ4v) is 1.08. The van der Waals surface area contributed by atoms with Crippen molar-refractivity contribution in [2.24, 2.45) is 5.73 Å². The number of rotatable bonds is 2. The maximum Gasteiger partial charge on any atom is 0.0178 e. The third-order valence-electron chi connectivity index (χ3n) is 1.85. The third-order valence-corrected chi connectivity index (χ3v) is 1.85. The largest absolute Gasteiger partial charge is 0.326 e. The zero-order valence-electron chi connectivity index (χ0n) is 7.17. The molecule has 0 radical (unpaired) electrons. The van der Waals surface area contributed by atoms with Crippen LogP contribution in [0.5, 0.6) is 0 Å². The van der Waals surface area contributed by atoms with Gasteiger partial charge in [0, 0.05) is 6.54 Å². The molecule has 0 heterocycles. The Bertz CT molecular complexity index is 228. The molecule has 0 unspecified atom stereocenters. The predicted molar refractivity (Wildman–Crippen MR) is 48.4 cm³/mol. The molecule has 0 aliphatic carbocycles. The summed E-state index contributed by atoms with van der Waals surface area (Å²) < 4.78 is 0. The first-order valence-corrected chi connectivity index (χ1v) is 4.03. The Balaban J connectivity index is 2.91. The molecule has 1 heteroatoms. The van der Waals surface area contributed by atoms with E-state index in [-0.39, 0.29) is 0 Å². The SMILES string of the molecule is CC(C)c1cccc(CN)c1. The number of hydrogen-bond donors (Lipinski definition) is 1. The Morgan fingerprint density at radius 2 is 2.09 bits per heavy atom. The van der Waals surface area contributed by atoms with Gasteiger partial charge in [-0.05, 0) is 17.0 Å². The Labute approximate surface area is 68.2 Å². The summed E-state index contributed by atoms with van der Waals surface area (Å²) in [5, 5.41) is 0. The lowest BCUT2D eigenvalue weighted by atomic mass is 10.0. The van der Waals surface area contributed by atoms with Gasteiger partial charge in [0.1, 0.15) is 0 Å². The summed E-state index contributed by atoms with van der Waals surface area (Å²) in [6.07, 6.45) is 0. The summed E-state index contributed by atoms with van der Waals surface area (Å²) >= 11 is 0. The normalized spacial score (nSPS) is 10.5. The van der Waals surface area contributed by atoms with E-state index in [0.717, 1.165) is 0 Å². The Morgan fingerprint density at radius 1 is 1.36 bits per heavy atom. The second-order valence-corrected chi connectivity index (χ2v) is 3.10. The maximum absolute atomic E-state index is 5.52. The molecule has 0 amide bonds. The second-order valence-electron chi connectivity index (χ2n) is 3.10. The van der Waals surface area contributed by atoms with Gasteiger partial charge in [-0.1, -0.05) is 38.1 Å². The van der Waals surface area contributed by atoms with E-state index in [4.69, 9.17) is 5.73 Å². The highest BCUT2D eigenvalue weighted by molar-refractivity contribution is 5.25. The van der Waals surface area contributed by atoms with Crippen molar-refractivity contribution in [1.29, 1.82) is 0 Å². The standard InChI is InChI=1S/C10H15N/c1-8(2)10-5-3-4-9(6-10)7-11/h3-6,8H,7,11H2,1-2H3. The molecule has 0 aliphatic rings. The van der Waals surface area contributed by atoms with Crippen molar-refractivity contribution in [3.63, 3.8) is 0 Å². The molecule has 0 atom stereocenters. The fraction of sp³-hybridized carbons (Fsp3) is 0.400. The molecule has 0 bridgehead atoms. The van der Waals surface area contributed by atoms with Crippen LogP contribution in [0.15, 0.2) is 24.3 Å². The number of benzene rings is 1. The lowest BCUT2D eigenvalue weighted by Crippen LogP contribution is -1.97. The van der Waals surface area contributed by atoms with Crippen molar-refractivity contribution >= 4 is 0 Å². The minimum absolute atomic E-state index is 0.599. The second kappa shape index (κ2) is 3.54. The summed E-state index contributed by atoms with van der Waals surface area (Å²) in [5.74, 6) is 0.599. The monoisotopic (exact) mass is 149 g/mol. The molecule has 0 aliphatic heterocycles. The van der Waals surface area contributed by atoms with Crippen LogP contribution in [0, 0.1) is 0 Å². The van der Waals surface area contributed by atoms with Gasteiger partial charge in [-0.15, -0.1) is 0 Å². The van der Waals surface area contributed by atoms with E-state index in [1.54, 1.807) is 0 Å².